The summed E-state index contributed by atoms with van der Waals surface area (Å²) < 4.78 is 0.902. The zero-order valence-corrected chi connectivity index (χ0v) is 16.9. The summed E-state index contributed by atoms with van der Waals surface area (Å²) in [5.74, 6) is -0.272. The van der Waals surface area contributed by atoms with Crippen LogP contribution in [0.15, 0.2) is 21.3 Å². The fourth-order valence-electron chi connectivity index (χ4n) is 2.11. The van der Waals surface area contributed by atoms with Gasteiger partial charge in [-0.1, -0.05) is 0 Å². The van der Waals surface area contributed by atoms with Crippen LogP contribution in [0.4, 0.5) is 0 Å². The van der Waals surface area contributed by atoms with E-state index >= 15 is 0 Å². The van der Waals surface area contributed by atoms with Gasteiger partial charge >= 0.3 is 0 Å². The van der Waals surface area contributed by atoms with Gasteiger partial charge in [-0.05, 0) is 54.2 Å². The van der Waals surface area contributed by atoms with E-state index in [-0.39, 0.29) is 18.4 Å². The van der Waals surface area contributed by atoms with E-state index in [1.807, 2.05) is 13.0 Å². The zero-order valence-electron chi connectivity index (χ0n) is 13.7. The number of carbonyl (C=O) groups excluding carboxylic acids is 2. The molecule has 2 aromatic heterocycles. The average molecular weight is 430 g/mol. The Balaban J connectivity index is 1.63. The van der Waals surface area contributed by atoms with Crippen molar-refractivity contribution in [2.45, 2.75) is 26.2 Å². The fraction of sp³-hybridized carbons (Fsp3) is 0.438. The van der Waals surface area contributed by atoms with Crippen LogP contribution >= 0.6 is 38.6 Å². The number of likely N-dealkylation sites (N-methyl/N-ethyl adjacent to an activating group) is 1. The maximum Gasteiger partial charge on any atom is 0.264 e. The molecular weight excluding hydrogens is 410 g/mol. The maximum absolute atomic E-state index is 12.2. The Morgan fingerprint density at radius 2 is 2.12 bits per heavy atom. The van der Waals surface area contributed by atoms with Crippen molar-refractivity contribution >= 4 is 50.4 Å². The molecule has 0 bridgehead atoms. The molecule has 2 aromatic rings. The number of nitrogens with zero attached hydrogens (tertiary/aromatic N) is 2. The van der Waals surface area contributed by atoms with Crippen molar-refractivity contribution in [3.8, 4) is 0 Å². The van der Waals surface area contributed by atoms with Crippen LogP contribution in [0.25, 0.3) is 0 Å². The predicted octanol–water partition coefficient (Wildman–Crippen LogP) is 3.49. The lowest BCUT2D eigenvalue weighted by atomic mass is 10.2. The van der Waals surface area contributed by atoms with Crippen molar-refractivity contribution in [1.82, 2.24) is 15.2 Å². The van der Waals surface area contributed by atoms with Crippen LogP contribution in [-0.4, -0.2) is 41.8 Å². The average Bonchev–Trinajstić information content (AvgIpc) is 3.14. The van der Waals surface area contributed by atoms with Crippen molar-refractivity contribution in [3.63, 3.8) is 0 Å². The molecule has 1 N–H and O–H groups in total. The first-order valence-electron chi connectivity index (χ1n) is 7.64. The molecule has 0 atom stereocenters. The molecule has 0 aliphatic heterocycles. The summed E-state index contributed by atoms with van der Waals surface area (Å²) in [7, 11) is 1.64. The molecule has 0 saturated carbocycles. The molecule has 0 unspecified atom stereocenters. The third-order valence-corrected chi connectivity index (χ3v) is 5.96. The second kappa shape index (κ2) is 9.29. The van der Waals surface area contributed by atoms with Crippen LogP contribution in [0.2, 0.25) is 0 Å². The van der Waals surface area contributed by atoms with Gasteiger partial charge in [-0.2, -0.15) is 0 Å². The minimum absolute atomic E-state index is 0.0695. The summed E-state index contributed by atoms with van der Waals surface area (Å²) in [5.41, 5.74) is 1.06. The molecule has 2 heterocycles. The Kier molecular flexibility index (Phi) is 7.39. The molecule has 0 aromatic carbocycles. The summed E-state index contributed by atoms with van der Waals surface area (Å²) in [6.07, 6.45) is 2.84. The fourth-order valence-corrected chi connectivity index (χ4v) is 4.31. The maximum atomic E-state index is 12.2. The third kappa shape index (κ3) is 5.99. The minimum atomic E-state index is -0.139. The Hall–Kier alpha value is -1.25. The molecule has 130 valence electrons. The first-order valence-corrected chi connectivity index (χ1v) is 10.1. The highest BCUT2D eigenvalue weighted by molar-refractivity contribution is 9.11. The topological polar surface area (TPSA) is 62.3 Å². The number of hydrogen-bond acceptors (Lipinski definition) is 5. The highest BCUT2D eigenvalue weighted by Crippen LogP contribution is 2.22. The molecule has 5 nitrogen and oxygen atoms in total. The molecule has 0 saturated heterocycles. The number of nitrogens with one attached hydrogen (secondary N) is 1. The van der Waals surface area contributed by atoms with Gasteiger partial charge in [0.25, 0.3) is 5.91 Å². The van der Waals surface area contributed by atoms with Crippen LogP contribution < -0.4 is 5.32 Å². The number of aromatic nitrogens is 1. The van der Waals surface area contributed by atoms with Crippen molar-refractivity contribution < 1.29 is 9.59 Å². The molecule has 2 amide bonds. The lowest BCUT2D eigenvalue weighted by Gasteiger charge is -2.15. The van der Waals surface area contributed by atoms with Crippen LogP contribution in [0.1, 0.15) is 33.2 Å². The van der Waals surface area contributed by atoms with Gasteiger partial charge in [-0.3, -0.25) is 9.59 Å². The number of thiophene rings is 1. The monoisotopic (exact) mass is 429 g/mol. The standard InChI is InChI=1S/C16H20BrN3O2S2/c1-11-10-23-15(19-11)5-3-4-8-18-14(21)9-20(2)16(22)12-6-7-13(17)24-12/h6-7,10H,3-5,8-9H2,1-2H3,(H,18,21). The van der Waals surface area contributed by atoms with Crippen molar-refractivity contribution in [2.75, 3.05) is 20.1 Å². The van der Waals surface area contributed by atoms with E-state index in [0.717, 1.165) is 33.8 Å². The number of unbranched alkanes of at least 4 members (excludes halogenated alkanes) is 1. The molecule has 8 heteroatoms. The summed E-state index contributed by atoms with van der Waals surface area (Å²) in [4.78, 5) is 30.5. The summed E-state index contributed by atoms with van der Waals surface area (Å²) in [6.45, 7) is 2.68. The largest absolute Gasteiger partial charge is 0.355 e. The van der Waals surface area contributed by atoms with E-state index < -0.39 is 0 Å². The molecule has 2 rings (SSSR count). The van der Waals surface area contributed by atoms with E-state index in [0.29, 0.717) is 11.4 Å². The van der Waals surface area contributed by atoms with Crippen molar-refractivity contribution in [1.29, 1.82) is 0 Å². The highest BCUT2D eigenvalue weighted by Gasteiger charge is 2.16. The molecular formula is C16H20BrN3O2S2. The van der Waals surface area contributed by atoms with E-state index in [1.165, 1.54) is 16.2 Å². The predicted molar refractivity (Wildman–Crippen MR) is 102 cm³/mol. The third-order valence-electron chi connectivity index (χ3n) is 3.32. The molecule has 0 spiro atoms. The number of rotatable bonds is 8. The Bertz CT molecular complexity index is 699. The smallest absolute Gasteiger partial charge is 0.264 e. The Labute approximate surface area is 158 Å². The second-order valence-electron chi connectivity index (χ2n) is 5.45. The number of halogens is 1. The zero-order chi connectivity index (χ0) is 17.5. The number of hydrogen-bond donors (Lipinski definition) is 1. The van der Waals surface area contributed by atoms with Crippen LogP contribution in [0.3, 0.4) is 0 Å². The number of aryl methyl sites for hydroxylation is 2. The van der Waals surface area contributed by atoms with Gasteiger partial charge in [-0.25, -0.2) is 4.98 Å². The molecule has 0 aliphatic carbocycles. The second-order valence-corrected chi connectivity index (χ2v) is 8.86. The molecule has 0 fully saturated rings. The van der Waals surface area contributed by atoms with Crippen molar-refractivity contribution in [2.24, 2.45) is 0 Å². The van der Waals surface area contributed by atoms with Crippen LogP contribution in [0.5, 0.6) is 0 Å². The summed E-state index contributed by atoms with van der Waals surface area (Å²) in [5, 5.41) is 6.06. The summed E-state index contributed by atoms with van der Waals surface area (Å²) >= 11 is 6.38. The van der Waals surface area contributed by atoms with Crippen molar-refractivity contribution in [3.05, 3.63) is 36.9 Å². The van der Waals surface area contributed by atoms with Gasteiger partial charge in [-0.15, -0.1) is 22.7 Å². The van der Waals surface area contributed by atoms with Gasteiger partial charge in [0.15, 0.2) is 0 Å². The van der Waals surface area contributed by atoms with E-state index in [1.54, 1.807) is 24.5 Å². The Morgan fingerprint density at radius 1 is 1.33 bits per heavy atom. The summed E-state index contributed by atoms with van der Waals surface area (Å²) in [6, 6.07) is 3.58. The van der Waals surface area contributed by atoms with E-state index in [9.17, 15) is 9.59 Å². The van der Waals surface area contributed by atoms with Crippen LogP contribution in [0, 0.1) is 6.92 Å². The minimum Gasteiger partial charge on any atom is -0.355 e. The van der Waals surface area contributed by atoms with Gasteiger partial charge in [0.1, 0.15) is 0 Å². The van der Waals surface area contributed by atoms with E-state index in [4.69, 9.17) is 0 Å². The van der Waals surface area contributed by atoms with E-state index in [2.05, 4.69) is 31.6 Å². The number of thiazole rings is 1. The van der Waals surface area contributed by atoms with Gasteiger partial charge < -0.3 is 10.2 Å². The quantitative estimate of drug-likeness (QED) is 0.653. The lowest BCUT2D eigenvalue weighted by Crippen LogP contribution is -2.38. The van der Waals surface area contributed by atoms with Gasteiger partial charge in [0.2, 0.25) is 5.91 Å². The lowest BCUT2D eigenvalue weighted by molar-refractivity contribution is -0.121. The first-order chi connectivity index (χ1) is 11.5. The molecule has 0 aliphatic rings. The number of carbonyl (C=O) groups is 2. The van der Waals surface area contributed by atoms with Gasteiger partial charge in [0, 0.05) is 24.7 Å². The molecule has 24 heavy (non-hydrogen) atoms. The normalized spacial score (nSPS) is 10.6. The Morgan fingerprint density at radius 3 is 2.75 bits per heavy atom. The first kappa shape index (κ1) is 19.1. The number of amides is 2. The SMILES string of the molecule is Cc1csc(CCCCNC(=O)CN(C)C(=O)c2ccc(Br)s2)n1. The highest BCUT2D eigenvalue weighted by atomic mass is 79.9. The molecule has 0 radical (unpaired) electrons. The van der Waals surface area contributed by atoms with Gasteiger partial charge in [0.05, 0.1) is 20.2 Å². The van der Waals surface area contributed by atoms with Crippen LogP contribution in [-0.2, 0) is 11.2 Å².